The van der Waals surface area contributed by atoms with Crippen LogP contribution in [0.15, 0.2) is 48.5 Å². The maximum absolute atomic E-state index is 12.8. The SMILES string of the molecule is O=C(NC1CC(=O)N(c2ccc(CN3CC4CC4C3)cc2)C1)c1nnc(CCc2ccc(Cl)cc2)s1. The normalized spacial score (nSPS) is 23.2. The van der Waals surface area contributed by atoms with Gasteiger partial charge in [-0.25, -0.2) is 0 Å². The fourth-order valence-electron chi connectivity index (χ4n) is 5.31. The zero-order chi connectivity index (χ0) is 24.6. The molecule has 36 heavy (non-hydrogen) atoms. The first-order valence-corrected chi connectivity index (χ1v) is 13.7. The Hall–Kier alpha value is -2.81. The van der Waals surface area contributed by atoms with Gasteiger partial charge in [-0.15, -0.1) is 10.2 Å². The molecule has 3 aliphatic rings. The summed E-state index contributed by atoms with van der Waals surface area (Å²) in [6, 6.07) is 15.7. The van der Waals surface area contributed by atoms with Gasteiger partial charge < -0.3 is 10.2 Å². The number of nitrogens with zero attached hydrogens (tertiary/aromatic N) is 4. The molecule has 3 fully saturated rings. The first-order chi connectivity index (χ1) is 17.5. The fraction of sp³-hybridized carbons (Fsp3) is 0.407. The van der Waals surface area contributed by atoms with Gasteiger partial charge >= 0.3 is 0 Å². The summed E-state index contributed by atoms with van der Waals surface area (Å²) in [6.45, 7) is 3.87. The summed E-state index contributed by atoms with van der Waals surface area (Å²) in [5, 5.41) is 13.1. The maximum Gasteiger partial charge on any atom is 0.282 e. The van der Waals surface area contributed by atoms with Gasteiger partial charge in [0.05, 0.1) is 6.04 Å². The van der Waals surface area contributed by atoms with E-state index in [9.17, 15) is 9.59 Å². The number of aryl methyl sites for hydroxylation is 2. The number of nitrogens with one attached hydrogen (secondary N) is 1. The standard InChI is InChI=1S/C27H28ClN5O2S/c28-21-6-1-17(2-7-21)5-10-24-30-31-27(36-24)26(35)29-22-12-25(34)33(16-22)23-8-3-18(4-9-23)13-32-14-19-11-20(19)15-32/h1-4,6-9,19-20,22H,5,10-16H2,(H,29,35). The van der Waals surface area contributed by atoms with Crippen molar-refractivity contribution in [3.8, 4) is 0 Å². The molecule has 0 bridgehead atoms. The van der Waals surface area contributed by atoms with Crippen molar-refractivity contribution in [2.75, 3.05) is 24.5 Å². The van der Waals surface area contributed by atoms with Crippen molar-refractivity contribution in [1.82, 2.24) is 20.4 Å². The van der Waals surface area contributed by atoms with Crippen molar-refractivity contribution in [3.05, 3.63) is 74.7 Å². The number of aromatic nitrogens is 2. The number of fused-ring (bicyclic) bond motifs is 1. The monoisotopic (exact) mass is 521 g/mol. The molecule has 0 spiro atoms. The molecule has 1 saturated carbocycles. The number of anilines is 1. The number of benzene rings is 2. The van der Waals surface area contributed by atoms with E-state index in [0.717, 1.165) is 41.1 Å². The summed E-state index contributed by atoms with van der Waals surface area (Å²) in [6.07, 6.45) is 3.20. The van der Waals surface area contributed by atoms with Gasteiger partial charge in [0, 0.05) is 49.7 Å². The summed E-state index contributed by atoms with van der Waals surface area (Å²) in [5.41, 5.74) is 3.32. The Morgan fingerprint density at radius 2 is 1.69 bits per heavy atom. The average molecular weight is 522 g/mol. The molecule has 3 heterocycles. The second-order valence-electron chi connectivity index (χ2n) is 10.1. The van der Waals surface area contributed by atoms with Gasteiger partial charge in [-0.1, -0.05) is 47.2 Å². The third-order valence-corrected chi connectivity index (χ3v) is 8.60. The summed E-state index contributed by atoms with van der Waals surface area (Å²) in [7, 11) is 0. The van der Waals surface area contributed by atoms with Crippen LogP contribution in [0, 0.1) is 11.8 Å². The van der Waals surface area contributed by atoms with Crippen LogP contribution < -0.4 is 10.2 Å². The molecule has 1 N–H and O–H groups in total. The second kappa shape index (κ2) is 9.92. The highest BCUT2D eigenvalue weighted by Crippen LogP contribution is 2.45. The van der Waals surface area contributed by atoms with Gasteiger partial charge in [-0.3, -0.25) is 14.5 Å². The Morgan fingerprint density at radius 1 is 0.972 bits per heavy atom. The van der Waals surface area contributed by atoms with Crippen LogP contribution in [0.2, 0.25) is 5.02 Å². The van der Waals surface area contributed by atoms with E-state index >= 15 is 0 Å². The third kappa shape index (κ3) is 5.31. The van der Waals surface area contributed by atoms with Gasteiger partial charge in [0.15, 0.2) is 0 Å². The molecular formula is C27H28ClN5O2S. The largest absolute Gasteiger partial charge is 0.345 e. The van der Waals surface area contributed by atoms with Crippen LogP contribution in [-0.4, -0.2) is 52.6 Å². The molecule has 2 aliphatic heterocycles. The van der Waals surface area contributed by atoms with Crippen molar-refractivity contribution < 1.29 is 9.59 Å². The summed E-state index contributed by atoms with van der Waals surface area (Å²) in [5.74, 6) is 1.61. The van der Waals surface area contributed by atoms with Crippen LogP contribution in [0.25, 0.3) is 0 Å². The molecule has 0 radical (unpaired) electrons. The van der Waals surface area contributed by atoms with E-state index in [1.54, 1.807) is 4.90 Å². The number of hydrogen-bond acceptors (Lipinski definition) is 6. The van der Waals surface area contributed by atoms with Crippen LogP contribution in [-0.2, 0) is 24.2 Å². The van der Waals surface area contributed by atoms with E-state index in [0.29, 0.717) is 23.0 Å². The molecule has 6 rings (SSSR count). The zero-order valence-electron chi connectivity index (χ0n) is 19.9. The first kappa shape index (κ1) is 23.6. The molecule has 1 aromatic heterocycles. The van der Waals surface area contributed by atoms with E-state index in [4.69, 9.17) is 11.6 Å². The smallest absolute Gasteiger partial charge is 0.282 e. The first-order valence-electron chi connectivity index (χ1n) is 12.5. The Bertz CT molecular complexity index is 1250. The maximum atomic E-state index is 12.8. The molecule has 3 atom stereocenters. The summed E-state index contributed by atoms with van der Waals surface area (Å²) < 4.78 is 0. The zero-order valence-corrected chi connectivity index (χ0v) is 21.5. The molecule has 2 amide bonds. The van der Waals surface area contributed by atoms with E-state index < -0.39 is 0 Å². The van der Waals surface area contributed by atoms with Gasteiger partial charge in [-0.05, 0) is 60.1 Å². The molecule has 186 valence electrons. The number of amides is 2. The Labute approximate surface area is 219 Å². The van der Waals surface area contributed by atoms with Crippen LogP contribution in [0.3, 0.4) is 0 Å². The van der Waals surface area contributed by atoms with Crippen molar-refractivity contribution in [1.29, 1.82) is 0 Å². The average Bonchev–Trinajstić information content (AvgIpc) is 3.21. The molecule has 9 heteroatoms. The lowest BCUT2D eigenvalue weighted by Gasteiger charge is -2.20. The number of halogens is 1. The third-order valence-electron chi connectivity index (χ3n) is 7.37. The Morgan fingerprint density at radius 3 is 2.44 bits per heavy atom. The summed E-state index contributed by atoms with van der Waals surface area (Å²) >= 11 is 7.24. The summed E-state index contributed by atoms with van der Waals surface area (Å²) in [4.78, 5) is 29.7. The number of hydrogen-bond donors (Lipinski definition) is 1. The molecule has 3 unspecified atom stereocenters. The number of carbonyl (C=O) groups is 2. The lowest BCUT2D eigenvalue weighted by molar-refractivity contribution is -0.117. The Balaban J connectivity index is 1.00. The fourth-order valence-corrected chi connectivity index (χ4v) is 6.18. The van der Waals surface area contributed by atoms with Gasteiger partial charge in [0.1, 0.15) is 5.01 Å². The lowest BCUT2D eigenvalue weighted by atomic mass is 10.1. The van der Waals surface area contributed by atoms with Crippen LogP contribution in [0.5, 0.6) is 0 Å². The van der Waals surface area contributed by atoms with Gasteiger partial charge in [-0.2, -0.15) is 0 Å². The van der Waals surface area contributed by atoms with Crippen molar-refractivity contribution >= 4 is 40.4 Å². The minimum absolute atomic E-state index is 0.0218. The number of carbonyl (C=O) groups excluding carboxylic acids is 2. The van der Waals surface area contributed by atoms with Crippen molar-refractivity contribution in [2.45, 2.75) is 38.3 Å². The molecule has 2 saturated heterocycles. The van der Waals surface area contributed by atoms with Crippen molar-refractivity contribution in [3.63, 3.8) is 0 Å². The van der Waals surface area contributed by atoms with Crippen LogP contribution in [0.1, 0.15) is 38.8 Å². The minimum atomic E-state index is -0.274. The highest BCUT2D eigenvalue weighted by molar-refractivity contribution is 7.13. The highest BCUT2D eigenvalue weighted by atomic mass is 35.5. The molecule has 7 nitrogen and oxygen atoms in total. The van der Waals surface area contributed by atoms with Crippen LogP contribution in [0.4, 0.5) is 5.69 Å². The number of rotatable bonds is 8. The molecule has 2 aromatic carbocycles. The lowest BCUT2D eigenvalue weighted by Crippen LogP contribution is -2.37. The molecular weight excluding hydrogens is 494 g/mol. The van der Waals surface area contributed by atoms with E-state index in [1.807, 2.05) is 36.4 Å². The predicted octanol–water partition coefficient (Wildman–Crippen LogP) is 3.96. The van der Waals surface area contributed by atoms with E-state index in [-0.39, 0.29) is 24.3 Å². The van der Waals surface area contributed by atoms with Crippen molar-refractivity contribution in [2.24, 2.45) is 11.8 Å². The molecule has 1 aliphatic carbocycles. The molecule has 3 aromatic rings. The Kier molecular flexibility index (Phi) is 6.50. The second-order valence-corrected chi connectivity index (χ2v) is 11.6. The van der Waals surface area contributed by atoms with Gasteiger partial charge in [0.2, 0.25) is 10.9 Å². The van der Waals surface area contributed by atoms with E-state index in [1.165, 1.54) is 36.4 Å². The van der Waals surface area contributed by atoms with Crippen LogP contribution >= 0.6 is 22.9 Å². The quantitative estimate of drug-likeness (QED) is 0.485. The van der Waals surface area contributed by atoms with E-state index in [2.05, 4.69) is 32.5 Å². The predicted molar refractivity (Wildman–Crippen MR) is 140 cm³/mol. The highest BCUT2D eigenvalue weighted by Gasteiger charge is 2.44. The number of piperidine rings is 1. The minimum Gasteiger partial charge on any atom is -0.345 e. The topological polar surface area (TPSA) is 78.4 Å². The van der Waals surface area contributed by atoms with Gasteiger partial charge in [0.25, 0.3) is 5.91 Å². The number of likely N-dealkylation sites (tertiary alicyclic amines) is 1.